The number of nitrogen functional groups attached to an aromatic ring is 4. The van der Waals surface area contributed by atoms with Gasteiger partial charge in [-0.25, -0.2) is 0 Å². The van der Waals surface area contributed by atoms with E-state index in [-0.39, 0.29) is 28.4 Å². The van der Waals surface area contributed by atoms with Gasteiger partial charge < -0.3 is 37.1 Å². The van der Waals surface area contributed by atoms with Gasteiger partial charge in [0.25, 0.3) is 22.7 Å². The van der Waals surface area contributed by atoms with Crippen LogP contribution >= 0.6 is 15.9 Å². The van der Waals surface area contributed by atoms with E-state index in [9.17, 15) is 40.5 Å². The number of non-ortho nitro benzene ring substituents is 3. The molecule has 0 aliphatic rings. The highest BCUT2D eigenvalue weighted by Gasteiger charge is 2.12. The summed E-state index contributed by atoms with van der Waals surface area (Å²) in [4.78, 5) is 39.2. The van der Waals surface area contributed by atoms with Gasteiger partial charge in [-0.05, 0) is 53.2 Å². The molecule has 20 heteroatoms. The molecule has 4 rings (SSSR count). The van der Waals surface area contributed by atoms with Crippen molar-refractivity contribution in [3.05, 3.63) is 118 Å². The third-order valence-corrected chi connectivity index (χ3v) is 6.25. The van der Waals surface area contributed by atoms with E-state index in [0.29, 0.717) is 45.4 Å². The van der Waals surface area contributed by atoms with Crippen LogP contribution in [-0.2, 0) is 0 Å². The lowest BCUT2D eigenvalue weighted by atomic mass is 10.2. The van der Waals surface area contributed by atoms with Crippen molar-refractivity contribution in [2.75, 3.05) is 43.8 Å². The van der Waals surface area contributed by atoms with Crippen LogP contribution < -0.4 is 37.1 Å². The summed E-state index contributed by atoms with van der Waals surface area (Å²) in [5, 5.41) is 41.2. The molecule has 0 saturated heterocycles. The second kappa shape index (κ2) is 19.2. The Labute approximate surface area is 280 Å². The number of nitro groups is 4. The molecule has 0 amide bonds. The fraction of sp³-hybridized carbons (Fsp3) is 0.143. The summed E-state index contributed by atoms with van der Waals surface area (Å²) in [5.74, 6) is 1.11. The van der Waals surface area contributed by atoms with Crippen LogP contribution in [0.3, 0.4) is 0 Å². The molecular formula is C28H31BrN8O11. The van der Waals surface area contributed by atoms with Crippen molar-refractivity contribution in [2.24, 2.45) is 0 Å². The summed E-state index contributed by atoms with van der Waals surface area (Å²) in [5.41, 5.74) is 23.0. The lowest BCUT2D eigenvalue weighted by molar-refractivity contribution is -0.385. The van der Waals surface area contributed by atoms with Gasteiger partial charge in [-0.2, -0.15) is 0 Å². The number of halogens is 1. The van der Waals surface area contributed by atoms with Crippen LogP contribution in [0.4, 0.5) is 45.5 Å². The Hall–Kier alpha value is -6.44. The second-order valence-electron chi connectivity index (χ2n) is 8.74. The maximum atomic E-state index is 10.4. The first kappa shape index (κ1) is 39.6. The number of hydrogen-bond donors (Lipinski definition) is 4. The molecule has 8 N–H and O–H groups in total. The van der Waals surface area contributed by atoms with Crippen molar-refractivity contribution in [2.45, 2.75) is 6.92 Å². The number of benzene rings is 4. The quantitative estimate of drug-likeness (QED) is 0.0931. The second-order valence-corrected chi connectivity index (χ2v) is 9.59. The molecule has 4 aromatic carbocycles. The maximum Gasteiger partial charge on any atom is 0.295 e. The predicted octanol–water partition coefficient (Wildman–Crippen LogP) is 5.89. The molecule has 0 aliphatic carbocycles. The topological polar surface area (TPSA) is 304 Å². The minimum absolute atomic E-state index is 0.0161. The Bertz CT molecular complexity index is 1760. The standard InChI is InChI=1S/C8H10N2O3.2C7H8N2O3.C6H5BrN2O2/c1-2-13-8-5-6(10(11)12)3-4-7(8)9;1-12-5-2-3-6(8)7(4-5)9(10)11;1-12-7-4-5(9(10)11)2-3-6(7)8;7-5-3-4(9(10)11)1-2-6(5)8/h3-5H,2,9H2,1H3;2*2-4H,8H2,1H3;1-3H,8H2. The van der Waals surface area contributed by atoms with Gasteiger partial charge >= 0.3 is 0 Å². The number of hydrogen-bond acceptors (Lipinski definition) is 15. The Morgan fingerprint density at radius 1 is 0.583 bits per heavy atom. The number of anilines is 4. The number of nitrogens with zero attached hydrogens (tertiary/aromatic N) is 4. The van der Waals surface area contributed by atoms with E-state index in [4.69, 9.17) is 37.1 Å². The molecule has 0 aromatic heterocycles. The molecule has 0 spiro atoms. The minimum atomic E-state index is -0.544. The largest absolute Gasteiger partial charge is 0.496 e. The molecular weight excluding hydrogens is 704 g/mol. The van der Waals surface area contributed by atoms with Crippen molar-refractivity contribution in [3.63, 3.8) is 0 Å². The zero-order valence-corrected chi connectivity index (χ0v) is 27.2. The molecule has 0 atom stereocenters. The average Bonchev–Trinajstić information content (AvgIpc) is 3.04. The van der Waals surface area contributed by atoms with Gasteiger partial charge in [0.15, 0.2) is 0 Å². The minimum Gasteiger partial charge on any atom is -0.496 e. The third kappa shape index (κ3) is 12.5. The maximum absolute atomic E-state index is 10.4. The number of methoxy groups -OCH3 is 2. The van der Waals surface area contributed by atoms with E-state index in [1.54, 1.807) is 13.0 Å². The smallest absolute Gasteiger partial charge is 0.295 e. The summed E-state index contributed by atoms with van der Waals surface area (Å²) in [7, 11) is 2.85. The van der Waals surface area contributed by atoms with E-state index >= 15 is 0 Å². The molecule has 0 unspecified atom stereocenters. The molecule has 48 heavy (non-hydrogen) atoms. The summed E-state index contributed by atoms with van der Waals surface area (Å²) >= 11 is 3.08. The van der Waals surface area contributed by atoms with Crippen molar-refractivity contribution < 1.29 is 33.9 Å². The van der Waals surface area contributed by atoms with Crippen LogP contribution in [0.5, 0.6) is 17.2 Å². The summed E-state index contributed by atoms with van der Waals surface area (Å²) in [6.07, 6.45) is 0. The molecule has 0 radical (unpaired) electrons. The van der Waals surface area contributed by atoms with Crippen molar-refractivity contribution in [1.82, 2.24) is 0 Å². The number of nitrogens with two attached hydrogens (primary N) is 4. The Balaban J connectivity index is 0.000000320. The number of nitro benzene ring substituents is 4. The van der Waals surface area contributed by atoms with E-state index in [1.165, 1.54) is 80.9 Å². The van der Waals surface area contributed by atoms with E-state index in [1.807, 2.05) is 0 Å². The zero-order valence-electron chi connectivity index (χ0n) is 25.6. The van der Waals surface area contributed by atoms with Crippen molar-refractivity contribution >= 4 is 61.4 Å². The Kier molecular flexibility index (Phi) is 15.8. The Morgan fingerprint density at radius 2 is 1.02 bits per heavy atom. The highest BCUT2D eigenvalue weighted by atomic mass is 79.9. The predicted molar refractivity (Wildman–Crippen MR) is 182 cm³/mol. The van der Waals surface area contributed by atoms with Gasteiger partial charge in [-0.3, -0.25) is 40.5 Å². The van der Waals surface area contributed by atoms with Crippen LogP contribution in [0.1, 0.15) is 6.92 Å². The van der Waals surface area contributed by atoms with Crippen molar-refractivity contribution in [1.29, 1.82) is 0 Å². The first-order valence-electron chi connectivity index (χ1n) is 13.1. The van der Waals surface area contributed by atoms with E-state index < -0.39 is 19.7 Å². The molecule has 0 heterocycles. The summed E-state index contributed by atoms with van der Waals surface area (Å²) < 4.78 is 15.3. The van der Waals surface area contributed by atoms with Gasteiger partial charge in [0, 0.05) is 34.4 Å². The van der Waals surface area contributed by atoms with Crippen LogP contribution in [0.15, 0.2) is 77.3 Å². The average molecular weight is 736 g/mol. The molecule has 0 fully saturated rings. The highest BCUT2D eigenvalue weighted by Crippen LogP contribution is 2.28. The van der Waals surface area contributed by atoms with Crippen LogP contribution in [-0.4, -0.2) is 40.5 Å². The van der Waals surface area contributed by atoms with Gasteiger partial charge in [0.1, 0.15) is 22.9 Å². The normalized spacial score (nSPS) is 9.50. The van der Waals surface area contributed by atoms with Gasteiger partial charge in [0.05, 0.1) is 70.1 Å². The van der Waals surface area contributed by atoms with E-state index in [2.05, 4.69) is 15.9 Å². The SMILES string of the molecule is CCOc1cc([N+](=O)[O-])ccc1N.COc1cc([N+](=O)[O-])ccc1N.COc1ccc(N)c([N+](=O)[O-])c1.Nc1ccc([N+](=O)[O-])cc1Br. The molecule has 0 saturated carbocycles. The molecule has 0 bridgehead atoms. The monoisotopic (exact) mass is 734 g/mol. The van der Waals surface area contributed by atoms with Crippen LogP contribution in [0.2, 0.25) is 0 Å². The number of rotatable bonds is 8. The van der Waals surface area contributed by atoms with Gasteiger partial charge in [0.2, 0.25) is 0 Å². The zero-order chi connectivity index (χ0) is 36.6. The van der Waals surface area contributed by atoms with Gasteiger partial charge in [-0.1, -0.05) is 0 Å². The highest BCUT2D eigenvalue weighted by molar-refractivity contribution is 9.10. The first-order chi connectivity index (χ1) is 22.6. The lowest BCUT2D eigenvalue weighted by Gasteiger charge is -2.05. The summed E-state index contributed by atoms with van der Waals surface area (Å²) in [6.45, 7) is 2.23. The number of ether oxygens (including phenoxy) is 3. The molecule has 19 nitrogen and oxygen atoms in total. The van der Waals surface area contributed by atoms with Crippen LogP contribution in [0.25, 0.3) is 0 Å². The molecule has 256 valence electrons. The lowest BCUT2D eigenvalue weighted by Crippen LogP contribution is -1.98. The fourth-order valence-electron chi connectivity index (χ4n) is 3.17. The van der Waals surface area contributed by atoms with E-state index in [0.717, 1.165) is 0 Å². The summed E-state index contributed by atoms with van der Waals surface area (Å²) in [6, 6.07) is 16.7. The Morgan fingerprint density at radius 3 is 1.44 bits per heavy atom. The van der Waals surface area contributed by atoms with Gasteiger partial charge in [-0.15, -0.1) is 0 Å². The fourth-order valence-corrected chi connectivity index (χ4v) is 3.54. The molecule has 0 aliphatic heterocycles. The first-order valence-corrected chi connectivity index (χ1v) is 13.9. The van der Waals surface area contributed by atoms with Crippen LogP contribution in [0, 0.1) is 40.5 Å². The third-order valence-electron chi connectivity index (χ3n) is 5.56. The van der Waals surface area contributed by atoms with Crippen molar-refractivity contribution in [3.8, 4) is 17.2 Å². The molecule has 4 aromatic rings.